The van der Waals surface area contributed by atoms with Crippen molar-refractivity contribution in [3.05, 3.63) is 34.3 Å². The number of hydrogen-bond acceptors (Lipinski definition) is 2. The monoisotopic (exact) mass is 380 g/mol. The molecule has 6 heteroatoms. The van der Waals surface area contributed by atoms with Crippen LogP contribution in [0.5, 0.6) is 0 Å². The number of carboxylic acids is 1. The van der Waals surface area contributed by atoms with E-state index in [1.807, 2.05) is 18.2 Å². The lowest BCUT2D eigenvalue weighted by molar-refractivity contribution is -0.141. The summed E-state index contributed by atoms with van der Waals surface area (Å²) in [5, 5.41) is 12.1. The maximum atomic E-state index is 12.3. The zero-order chi connectivity index (χ0) is 16.4. The van der Waals surface area contributed by atoms with Gasteiger partial charge in [-0.15, -0.1) is 0 Å². The van der Waals surface area contributed by atoms with Crippen LogP contribution in [0.3, 0.4) is 0 Å². The van der Waals surface area contributed by atoms with Gasteiger partial charge in [0.25, 0.3) is 0 Å². The number of nitrogens with one attached hydrogen (secondary N) is 1. The van der Waals surface area contributed by atoms with Crippen LogP contribution in [0, 0.1) is 5.92 Å². The van der Waals surface area contributed by atoms with Crippen LogP contribution in [0.4, 0.5) is 4.79 Å². The molecule has 1 heterocycles. The SMILES string of the molecule is O=C(O)C1CCN(C(=O)NCC2(c3ccccc3Br)CCC2)C1. The molecule has 1 aromatic rings. The van der Waals surface area contributed by atoms with Crippen LogP contribution >= 0.6 is 15.9 Å². The molecule has 1 saturated carbocycles. The Morgan fingerprint density at radius 1 is 1.35 bits per heavy atom. The van der Waals surface area contributed by atoms with Crippen LogP contribution < -0.4 is 5.32 Å². The van der Waals surface area contributed by atoms with E-state index in [0.29, 0.717) is 26.1 Å². The van der Waals surface area contributed by atoms with Gasteiger partial charge in [0.2, 0.25) is 0 Å². The molecule has 5 nitrogen and oxygen atoms in total. The first-order valence-corrected chi connectivity index (χ1v) is 8.82. The van der Waals surface area contributed by atoms with Crippen LogP contribution in [-0.2, 0) is 10.2 Å². The zero-order valence-electron chi connectivity index (χ0n) is 12.9. The number of halogens is 1. The molecule has 1 unspecified atom stereocenters. The summed E-state index contributed by atoms with van der Waals surface area (Å²) in [5.41, 5.74) is 1.25. The van der Waals surface area contributed by atoms with Gasteiger partial charge in [0.05, 0.1) is 5.92 Å². The normalized spacial score (nSPS) is 22.5. The maximum Gasteiger partial charge on any atom is 0.317 e. The second-order valence-electron chi connectivity index (χ2n) is 6.54. The zero-order valence-corrected chi connectivity index (χ0v) is 14.5. The highest BCUT2D eigenvalue weighted by Gasteiger charge is 2.40. The average molecular weight is 381 g/mol. The number of rotatable bonds is 4. The van der Waals surface area contributed by atoms with Gasteiger partial charge in [-0.25, -0.2) is 4.79 Å². The number of carbonyl (C=O) groups excluding carboxylic acids is 1. The molecule has 2 amide bonds. The molecule has 2 N–H and O–H groups in total. The molecule has 3 rings (SSSR count). The number of benzene rings is 1. The number of likely N-dealkylation sites (tertiary alicyclic amines) is 1. The molecule has 23 heavy (non-hydrogen) atoms. The van der Waals surface area contributed by atoms with Gasteiger partial charge in [-0.05, 0) is 30.9 Å². The fourth-order valence-electron chi connectivity index (χ4n) is 3.54. The van der Waals surface area contributed by atoms with Crippen LogP contribution in [0.2, 0.25) is 0 Å². The molecule has 1 atom stereocenters. The summed E-state index contributed by atoms with van der Waals surface area (Å²) in [4.78, 5) is 24.9. The van der Waals surface area contributed by atoms with Crippen LogP contribution in [0.1, 0.15) is 31.2 Å². The van der Waals surface area contributed by atoms with Gasteiger partial charge in [-0.3, -0.25) is 4.79 Å². The van der Waals surface area contributed by atoms with Gasteiger partial charge in [0.1, 0.15) is 0 Å². The predicted octanol–water partition coefficient (Wildman–Crippen LogP) is 2.99. The standard InChI is InChI=1S/C17H21BrN2O3/c18-14-5-2-1-4-13(14)17(7-3-8-17)11-19-16(23)20-9-6-12(10-20)15(21)22/h1-2,4-5,12H,3,6-11H2,(H,19,23)(H,21,22). The van der Waals surface area contributed by atoms with Gasteiger partial charge < -0.3 is 15.3 Å². The Morgan fingerprint density at radius 3 is 2.65 bits per heavy atom. The Balaban J connectivity index is 1.62. The highest BCUT2D eigenvalue weighted by atomic mass is 79.9. The van der Waals surface area contributed by atoms with E-state index in [2.05, 4.69) is 27.3 Å². The minimum Gasteiger partial charge on any atom is -0.481 e. The first-order valence-electron chi connectivity index (χ1n) is 8.02. The third-order valence-corrected chi connectivity index (χ3v) is 5.85. The van der Waals surface area contributed by atoms with Gasteiger partial charge in [0.15, 0.2) is 0 Å². The minimum atomic E-state index is -0.816. The molecule has 1 aromatic carbocycles. The minimum absolute atomic E-state index is 0.00166. The predicted molar refractivity (Wildman–Crippen MR) is 90.4 cm³/mol. The van der Waals surface area contributed by atoms with E-state index in [1.54, 1.807) is 4.90 Å². The van der Waals surface area contributed by atoms with Crippen molar-refractivity contribution in [2.24, 2.45) is 5.92 Å². The molecule has 0 bridgehead atoms. The van der Waals surface area contributed by atoms with Crippen molar-refractivity contribution in [1.82, 2.24) is 10.2 Å². The first kappa shape index (κ1) is 16.3. The van der Waals surface area contributed by atoms with Crippen molar-refractivity contribution in [3.8, 4) is 0 Å². The van der Waals surface area contributed by atoms with Crippen molar-refractivity contribution < 1.29 is 14.7 Å². The van der Waals surface area contributed by atoms with E-state index < -0.39 is 11.9 Å². The number of nitrogens with zero attached hydrogens (tertiary/aromatic N) is 1. The Hall–Kier alpha value is -1.56. The number of hydrogen-bond donors (Lipinski definition) is 2. The molecule has 1 aliphatic carbocycles. The summed E-state index contributed by atoms with van der Waals surface area (Å²) in [5.74, 6) is -1.24. The van der Waals surface area contributed by atoms with E-state index in [-0.39, 0.29) is 11.4 Å². The largest absolute Gasteiger partial charge is 0.481 e. The van der Waals surface area contributed by atoms with Crippen LogP contribution in [-0.4, -0.2) is 41.6 Å². The van der Waals surface area contributed by atoms with Gasteiger partial charge in [0, 0.05) is 29.5 Å². The molecule has 0 radical (unpaired) electrons. The van der Waals surface area contributed by atoms with E-state index in [0.717, 1.165) is 17.3 Å². The Morgan fingerprint density at radius 2 is 2.09 bits per heavy atom. The molecule has 1 saturated heterocycles. The van der Waals surface area contributed by atoms with Crippen LogP contribution in [0.15, 0.2) is 28.7 Å². The van der Waals surface area contributed by atoms with Crippen molar-refractivity contribution in [3.63, 3.8) is 0 Å². The molecule has 124 valence electrons. The molecular weight excluding hydrogens is 360 g/mol. The fourth-order valence-corrected chi connectivity index (χ4v) is 4.24. The van der Waals surface area contributed by atoms with Gasteiger partial charge >= 0.3 is 12.0 Å². The summed E-state index contributed by atoms with van der Waals surface area (Å²) in [6, 6.07) is 8.03. The Kier molecular flexibility index (Phi) is 4.62. The fraction of sp³-hybridized carbons (Fsp3) is 0.529. The van der Waals surface area contributed by atoms with Gasteiger partial charge in [-0.1, -0.05) is 40.5 Å². The summed E-state index contributed by atoms with van der Waals surface area (Å²) in [6.45, 7) is 1.43. The first-order chi connectivity index (χ1) is 11.0. The third kappa shape index (κ3) is 3.22. The summed E-state index contributed by atoms with van der Waals surface area (Å²) < 4.78 is 1.08. The maximum absolute atomic E-state index is 12.3. The van der Waals surface area contributed by atoms with Crippen molar-refractivity contribution in [1.29, 1.82) is 0 Å². The molecular formula is C17H21BrN2O3. The van der Waals surface area contributed by atoms with Gasteiger partial charge in [-0.2, -0.15) is 0 Å². The highest BCUT2D eigenvalue weighted by molar-refractivity contribution is 9.10. The topological polar surface area (TPSA) is 69.6 Å². The summed E-state index contributed by atoms with van der Waals surface area (Å²) in [7, 11) is 0. The molecule has 1 aliphatic heterocycles. The Bertz CT molecular complexity index is 616. The molecule has 0 aromatic heterocycles. The van der Waals surface area contributed by atoms with Crippen molar-refractivity contribution >= 4 is 27.9 Å². The lowest BCUT2D eigenvalue weighted by atomic mass is 9.64. The smallest absolute Gasteiger partial charge is 0.317 e. The number of aliphatic carboxylic acids is 1. The summed E-state index contributed by atoms with van der Waals surface area (Å²) >= 11 is 3.62. The lowest BCUT2D eigenvalue weighted by Gasteiger charge is -2.43. The van der Waals surface area contributed by atoms with E-state index >= 15 is 0 Å². The van der Waals surface area contributed by atoms with Crippen LogP contribution in [0.25, 0.3) is 0 Å². The van der Waals surface area contributed by atoms with Crippen molar-refractivity contribution in [2.45, 2.75) is 31.1 Å². The second kappa shape index (κ2) is 6.51. The number of carbonyl (C=O) groups is 2. The van der Waals surface area contributed by atoms with Crippen molar-refractivity contribution in [2.75, 3.05) is 19.6 Å². The molecule has 2 aliphatic rings. The molecule has 0 spiro atoms. The Labute approximate surface area is 144 Å². The number of amides is 2. The van der Waals surface area contributed by atoms with E-state index in [9.17, 15) is 9.59 Å². The van der Waals surface area contributed by atoms with E-state index in [1.165, 1.54) is 12.0 Å². The lowest BCUT2D eigenvalue weighted by Crippen LogP contribution is -2.49. The number of carboxylic acid groups (broad SMARTS) is 1. The molecule has 2 fully saturated rings. The second-order valence-corrected chi connectivity index (χ2v) is 7.40. The van der Waals surface area contributed by atoms with E-state index in [4.69, 9.17) is 5.11 Å². The summed E-state index contributed by atoms with van der Waals surface area (Å²) in [6.07, 6.45) is 3.83. The third-order valence-electron chi connectivity index (χ3n) is 5.16. The quantitative estimate of drug-likeness (QED) is 0.843. The highest BCUT2D eigenvalue weighted by Crippen LogP contribution is 2.45. The average Bonchev–Trinajstić information content (AvgIpc) is 2.97. The number of urea groups is 1.